The minimum atomic E-state index is 0.345. The standard InChI is InChI=1S/C29H32N6O/c1-20-14-24(7-9-30-20)23-4-5-26-27(17-23)33-28(32-26)18-25-15-22(6-8-31-25)19-34-10-12-35(13-11-34)29(36)16-21-2-3-21/h4-9,14-15,17,21H,2-3,10-13,16,18-19H2,1H3,(H,32,33). The van der Waals surface area contributed by atoms with Crippen LogP contribution in [0.5, 0.6) is 0 Å². The largest absolute Gasteiger partial charge is 0.342 e. The van der Waals surface area contributed by atoms with Crippen LogP contribution in [0.15, 0.2) is 54.9 Å². The van der Waals surface area contributed by atoms with Gasteiger partial charge in [0.25, 0.3) is 0 Å². The smallest absolute Gasteiger partial charge is 0.222 e. The number of hydrogen-bond donors (Lipinski definition) is 1. The van der Waals surface area contributed by atoms with Gasteiger partial charge in [0, 0.05) is 69.3 Å². The molecule has 6 rings (SSSR count). The van der Waals surface area contributed by atoms with Gasteiger partial charge in [0.05, 0.1) is 11.0 Å². The summed E-state index contributed by atoms with van der Waals surface area (Å²) in [6.45, 7) is 6.42. The summed E-state index contributed by atoms with van der Waals surface area (Å²) in [5, 5.41) is 0. The molecule has 0 atom stereocenters. The third-order valence-electron chi connectivity index (χ3n) is 7.28. The van der Waals surface area contributed by atoms with E-state index in [4.69, 9.17) is 4.98 Å². The summed E-state index contributed by atoms with van der Waals surface area (Å²) >= 11 is 0. The molecule has 0 bridgehead atoms. The number of piperazine rings is 1. The topological polar surface area (TPSA) is 78.0 Å². The molecule has 1 N–H and O–H groups in total. The quantitative estimate of drug-likeness (QED) is 0.425. The molecule has 0 radical (unpaired) electrons. The van der Waals surface area contributed by atoms with E-state index in [2.05, 4.69) is 61.1 Å². The Morgan fingerprint density at radius 3 is 2.58 bits per heavy atom. The van der Waals surface area contributed by atoms with Gasteiger partial charge in [0.15, 0.2) is 0 Å². The molecule has 1 saturated carbocycles. The molecule has 1 amide bonds. The molecule has 4 aromatic rings. The summed E-state index contributed by atoms with van der Waals surface area (Å²) in [7, 11) is 0. The van der Waals surface area contributed by atoms with Crippen LogP contribution < -0.4 is 0 Å². The van der Waals surface area contributed by atoms with Crippen molar-refractivity contribution in [2.45, 2.75) is 39.2 Å². The van der Waals surface area contributed by atoms with Crippen LogP contribution in [0.25, 0.3) is 22.2 Å². The molecule has 2 fully saturated rings. The van der Waals surface area contributed by atoms with Crippen LogP contribution in [0.3, 0.4) is 0 Å². The Hall–Kier alpha value is -3.58. The number of aromatic amines is 1. The van der Waals surface area contributed by atoms with Crippen LogP contribution in [0.4, 0.5) is 0 Å². The van der Waals surface area contributed by atoms with Crippen molar-refractivity contribution >= 4 is 16.9 Å². The fourth-order valence-corrected chi connectivity index (χ4v) is 5.06. The summed E-state index contributed by atoms with van der Waals surface area (Å²) < 4.78 is 0. The van der Waals surface area contributed by atoms with E-state index in [1.54, 1.807) is 0 Å². The van der Waals surface area contributed by atoms with Crippen molar-refractivity contribution in [2.75, 3.05) is 26.2 Å². The van der Waals surface area contributed by atoms with E-state index in [0.717, 1.165) is 78.5 Å². The van der Waals surface area contributed by atoms with Gasteiger partial charge in [-0.1, -0.05) is 6.07 Å². The van der Waals surface area contributed by atoms with Crippen molar-refractivity contribution in [3.63, 3.8) is 0 Å². The van der Waals surface area contributed by atoms with Gasteiger partial charge in [-0.3, -0.25) is 19.7 Å². The number of H-pyrrole nitrogens is 1. The molecular weight excluding hydrogens is 448 g/mol. The molecule has 1 saturated heterocycles. The van der Waals surface area contributed by atoms with Crippen LogP contribution in [0, 0.1) is 12.8 Å². The number of nitrogens with zero attached hydrogens (tertiary/aromatic N) is 5. The van der Waals surface area contributed by atoms with Crippen LogP contribution >= 0.6 is 0 Å². The number of benzene rings is 1. The molecule has 4 heterocycles. The lowest BCUT2D eigenvalue weighted by molar-refractivity contribution is -0.133. The van der Waals surface area contributed by atoms with E-state index in [9.17, 15) is 4.79 Å². The summed E-state index contributed by atoms with van der Waals surface area (Å²) in [6, 6.07) is 14.7. The maximum atomic E-state index is 12.4. The first-order valence-electron chi connectivity index (χ1n) is 12.9. The Balaban J connectivity index is 1.09. The number of carbonyl (C=O) groups is 1. The van der Waals surface area contributed by atoms with Gasteiger partial charge in [-0.25, -0.2) is 4.98 Å². The van der Waals surface area contributed by atoms with Crippen molar-refractivity contribution < 1.29 is 4.79 Å². The van der Waals surface area contributed by atoms with Gasteiger partial charge in [0.1, 0.15) is 5.82 Å². The summed E-state index contributed by atoms with van der Waals surface area (Å²) in [6.07, 6.45) is 7.62. The molecule has 3 aromatic heterocycles. The number of amides is 1. The van der Waals surface area contributed by atoms with Gasteiger partial charge < -0.3 is 9.88 Å². The Morgan fingerprint density at radius 1 is 0.972 bits per heavy atom. The Bertz CT molecular complexity index is 1380. The van der Waals surface area contributed by atoms with Crippen molar-refractivity contribution in [3.05, 3.63) is 77.6 Å². The number of aromatic nitrogens is 4. The first kappa shape index (κ1) is 22.9. The number of hydrogen-bond acceptors (Lipinski definition) is 5. The molecule has 1 aliphatic heterocycles. The molecular formula is C29H32N6O. The van der Waals surface area contributed by atoms with Gasteiger partial charge in [-0.15, -0.1) is 0 Å². The molecule has 1 aliphatic carbocycles. The first-order chi connectivity index (χ1) is 17.6. The highest BCUT2D eigenvalue weighted by Crippen LogP contribution is 2.33. The average molecular weight is 481 g/mol. The fraction of sp³-hybridized carbons (Fsp3) is 0.379. The highest BCUT2D eigenvalue weighted by atomic mass is 16.2. The van der Waals surface area contributed by atoms with Crippen LogP contribution in [0.2, 0.25) is 0 Å². The van der Waals surface area contributed by atoms with Gasteiger partial charge in [-0.2, -0.15) is 0 Å². The van der Waals surface area contributed by atoms with E-state index in [1.165, 1.54) is 18.4 Å². The molecule has 1 aromatic carbocycles. The van der Waals surface area contributed by atoms with Crippen LogP contribution in [0.1, 0.15) is 42.0 Å². The molecule has 184 valence electrons. The van der Waals surface area contributed by atoms with Crippen LogP contribution in [-0.4, -0.2) is 61.8 Å². The van der Waals surface area contributed by atoms with Crippen molar-refractivity contribution in [3.8, 4) is 11.1 Å². The van der Waals surface area contributed by atoms with E-state index < -0.39 is 0 Å². The van der Waals surface area contributed by atoms with Crippen molar-refractivity contribution in [1.82, 2.24) is 29.7 Å². The number of imidazole rings is 1. The maximum Gasteiger partial charge on any atom is 0.222 e. The zero-order chi connectivity index (χ0) is 24.5. The molecule has 0 spiro atoms. The SMILES string of the molecule is Cc1cc(-c2ccc3nc(Cc4cc(CN5CCN(C(=O)CC6CC6)CC5)ccn4)[nH]c3c2)ccn1. The van der Waals surface area contributed by atoms with E-state index in [1.807, 2.05) is 25.4 Å². The molecule has 2 aliphatic rings. The third-order valence-corrected chi connectivity index (χ3v) is 7.28. The van der Waals surface area contributed by atoms with Crippen molar-refractivity contribution in [1.29, 1.82) is 0 Å². The number of pyridine rings is 2. The van der Waals surface area contributed by atoms with Gasteiger partial charge in [-0.05, 0) is 78.8 Å². The maximum absolute atomic E-state index is 12.4. The normalized spacial score (nSPS) is 16.5. The number of nitrogens with one attached hydrogen (secondary N) is 1. The monoisotopic (exact) mass is 480 g/mol. The highest BCUT2D eigenvalue weighted by Gasteiger charge is 2.28. The number of carbonyl (C=O) groups excluding carboxylic acids is 1. The third kappa shape index (κ3) is 5.31. The molecule has 36 heavy (non-hydrogen) atoms. The lowest BCUT2D eigenvalue weighted by Crippen LogP contribution is -2.48. The predicted octanol–water partition coefficient (Wildman–Crippen LogP) is 4.36. The zero-order valence-electron chi connectivity index (χ0n) is 20.8. The Kier molecular flexibility index (Phi) is 6.23. The molecule has 7 nitrogen and oxygen atoms in total. The molecule has 0 unspecified atom stereocenters. The van der Waals surface area contributed by atoms with Gasteiger partial charge in [0.2, 0.25) is 5.91 Å². The highest BCUT2D eigenvalue weighted by molar-refractivity contribution is 5.82. The minimum absolute atomic E-state index is 0.345. The zero-order valence-corrected chi connectivity index (χ0v) is 20.8. The number of fused-ring (bicyclic) bond motifs is 1. The lowest BCUT2D eigenvalue weighted by Gasteiger charge is -2.35. The minimum Gasteiger partial charge on any atom is -0.342 e. The second kappa shape index (κ2) is 9.82. The number of aryl methyl sites for hydroxylation is 1. The average Bonchev–Trinajstić information content (AvgIpc) is 3.60. The fourth-order valence-electron chi connectivity index (χ4n) is 5.06. The lowest BCUT2D eigenvalue weighted by atomic mass is 10.1. The predicted molar refractivity (Wildman–Crippen MR) is 140 cm³/mol. The summed E-state index contributed by atoms with van der Waals surface area (Å²) in [5.41, 5.74) is 7.57. The van der Waals surface area contributed by atoms with Crippen LogP contribution in [-0.2, 0) is 17.8 Å². The van der Waals surface area contributed by atoms with Crippen molar-refractivity contribution in [2.24, 2.45) is 5.92 Å². The summed E-state index contributed by atoms with van der Waals surface area (Å²) in [5.74, 6) is 1.92. The Labute approximate surface area is 211 Å². The van der Waals surface area contributed by atoms with E-state index >= 15 is 0 Å². The van der Waals surface area contributed by atoms with Gasteiger partial charge >= 0.3 is 0 Å². The first-order valence-corrected chi connectivity index (χ1v) is 12.9. The number of rotatable bonds is 7. The van der Waals surface area contributed by atoms with E-state index in [0.29, 0.717) is 18.2 Å². The van der Waals surface area contributed by atoms with E-state index in [-0.39, 0.29) is 0 Å². The summed E-state index contributed by atoms with van der Waals surface area (Å²) in [4.78, 5) is 34.1. The Morgan fingerprint density at radius 2 is 1.78 bits per heavy atom. The second-order valence-electron chi connectivity index (χ2n) is 10.2. The second-order valence-corrected chi connectivity index (χ2v) is 10.2. The molecule has 7 heteroatoms.